The number of aliphatic hydroxyl groups is 1. The normalized spacial score (nSPS) is 20.0. The highest BCUT2D eigenvalue weighted by atomic mass is 32.1. The Balaban J connectivity index is 2.05. The van der Waals surface area contributed by atoms with Crippen molar-refractivity contribution >= 4 is 22.3 Å². The molecule has 2 atom stereocenters. The quantitative estimate of drug-likeness (QED) is 0.707. The lowest BCUT2D eigenvalue weighted by atomic mass is 9.89. The van der Waals surface area contributed by atoms with Crippen LogP contribution < -0.4 is 14.9 Å². The van der Waals surface area contributed by atoms with E-state index in [1.54, 1.807) is 13.2 Å². The molecule has 0 radical (unpaired) electrons. The van der Waals surface area contributed by atoms with Crippen LogP contribution in [0.15, 0.2) is 38.9 Å². The summed E-state index contributed by atoms with van der Waals surface area (Å²) in [6.07, 6.45) is 0.840. The summed E-state index contributed by atoms with van der Waals surface area (Å²) in [6, 6.07) is 7.03. The monoisotopic (exact) mass is 401 g/mol. The third-order valence-electron chi connectivity index (χ3n) is 5.55. The lowest BCUT2D eigenvalue weighted by Crippen LogP contribution is -2.32. The number of ether oxygens (including phenoxy) is 2. The van der Waals surface area contributed by atoms with Crippen LogP contribution in [0.25, 0.3) is 21.6 Å². The second kappa shape index (κ2) is 7.58. The average molecular weight is 401 g/mol. The number of thiophene rings is 1. The molecule has 3 heterocycles. The maximum atomic E-state index is 13.0. The summed E-state index contributed by atoms with van der Waals surface area (Å²) in [5.74, 6) is 1.54. The van der Waals surface area contributed by atoms with Crippen molar-refractivity contribution in [2.24, 2.45) is 0 Å². The molecular weight excluding hydrogens is 378 g/mol. The van der Waals surface area contributed by atoms with Gasteiger partial charge in [0.2, 0.25) is 0 Å². The van der Waals surface area contributed by atoms with Crippen molar-refractivity contribution in [3.05, 3.63) is 45.4 Å². The summed E-state index contributed by atoms with van der Waals surface area (Å²) in [5.41, 5.74) is 1.14. The van der Waals surface area contributed by atoms with Gasteiger partial charge in [0.15, 0.2) is 5.43 Å². The molecule has 148 valence electrons. The maximum Gasteiger partial charge on any atom is 0.197 e. The van der Waals surface area contributed by atoms with Crippen molar-refractivity contribution in [2.45, 2.75) is 18.4 Å². The molecule has 4 rings (SSSR count). The van der Waals surface area contributed by atoms with E-state index in [1.165, 1.54) is 24.5 Å². The van der Waals surface area contributed by atoms with Gasteiger partial charge in [-0.3, -0.25) is 4.79 Å². The van der Waals surface area contributed by atoms with Crippen molar-refractivity contribution in [2.75, 3.05) is 34.4 Å². The fourth-order valence-corrected chi connectivity index (χ4v) is 4.81. The van der Waals surface area contributed by atoms with Crippen molar-refractivity contribution in [3.8, 4) is 22.1 Å². The van der Waals surface area contributed by atoms with Gasteiger partial charge in [0.05, 0.1) is 25.7 Å². The Labute approximate surface area is 166 Å². The van der Waals surface area contributed by atoms with E-state index in [0.29, 0.717) is 28.2 Å². The van der Waals surface area contributed by atoms with Crippen LogP contribution in [0, 0.1) is 0 Å². The number of hydrogen-bond acceptors (Lipinski definition) is 7. The van der Waals surface area contributed by atoms with Crippen LogP contribution in [0.3, 0.4) is 0 Å². The topological polar surface area (TPSA) is 72.1 Å². The van der Waals surface area contributed by atoms with Crippen molar-refractivity contribution in [3.63, 3.8) is 0 Å². The number of nitrogens with zero attached hydrogens (tertiary/aromatic N) is 1. The SMILES string of the molecule is COc1cc(OC)c2c(=O)cc(-c3cccs3)oc2c1[C@H]1CCN(C)[C@@H]1CO. The first kappa shape index (κ1) is 19.0. The molecule has 7 heteroatoms. The van der Waals surface area contributed by atoms with Crippen molar-refractivity contribution in [1.29, 1.82) is 0 Å². The van der Waals surface area contributed by atoms with Crippen LogP contribution in [-0.2, 0) is 0 Å². The summed E-state index contributed by atoms with van der Waals surface area (Å²) < 4.78 is 17.4. The number of aliphatic hydroxyl groups excluding tert-OH is 1. The lowest BCUT2D eigenvalue weighted by molar-refractivity contribution is 0.171. The molecule has 6 nitrogen and oxygen atoms in total. The van der Waals surface area contributed by atoms with Gasteiger partial charge in [-0.2, -0.15) is 0 Å². The Morgan fingerprint density at radius 2 is 2.07 bits per heavy atom. The Bertz CT molecular complexity index is 1040. The number of benzene rings is 1. The second-order valence-corrected chi connectivity index (χ2v) is 7.92. The molecule has 2 aromatic heterocycles. The van der Waals surface area contributed by atoms with Crippen LogP contribution >= 0.6 is 11.3 Å². The first-order chi connectivity index (χ1) is 13.6. The highest BCUT2D eigenvalue weighted by Gasteiger charge is 2.37. The van der Waals surface area contributed by atoms with Crippen molar-refractivity contribution < 1.29 is 19.0 Å². The molecule has 1 N–H and O–H groups in total. The predicted octanol–water partition coefficient (Wildman–Crippen LogP) is 3.32. The summed E-state index contributed by atoms with van der Waals surface area (Å²) >= 11 is 1.51. The highest BCUT2D eigenvalue weighted by Crippen LogP contribution is 2.45. The molecule has 1 saturated heterocycles. The molecule has 0 spiro atoms. The molecule has 0 unspecified atom stereocenters. The molecule has 1 aliphatic rings. The van der Waals surface area contributed by atoms with Gasteiger partial charge in [0, 0.05) is 29.7 Å². The van der Waals surface area contributed by atoms with E-state index >= 15 is 0 Å². The number of likely N-dealkylation sites (tertiary alicyclic amines) is 1. The van der Waals surface area contributed by atoms with Crippen LogP contribution in [0.5, 0.6) is 11.5 Å². The number of likely N-dealkylation sites (N-methyl/N-ethyl adjacent to an activating group) is 1. The summed E-state index contributed by atoms with van der Waals surface area (Å²) in [4.78, 5) is 16.0. The number of methoxy groups -OCH3 is 2. The van der Waals surface area contributed by atoms with Gasteiger partial charge in [-0.25, -0.2) is 0 Å². The molecule has 3 aromatic rings. The Hall–Kier alpha value is -2.35. The Kier molecular flexibility index (Phi) is 5.14. The standard InChI is InChI=1S/C21H23NO5S/c1-22-7-6-12(13(22)11-23)19-16(25-2)10-17(26-3)20-14(24)9-15(27-21(19)20)18-5-4-8-28-18/h4-5,8-10,12-13,23H,6-7,11H2,1-3H3/t12-,13+/m0/s1. The average Bonchev–Trinajstić information content (AvgIpc) is 3.36. The van der Waals surface area contributed by atoms with Crippen LogP contribution in [0.4, 0.5) is 0 Å². The van der Waals surface area contributed by atoms with Crippen molar-refractivity contribution in [1.82, 2.24) is 4.90 Å². The van der Waals surface area contributed by atoms with Gasteiger partial charge in [-0.05, 0) is 31.5 Å². The molecular formula is C21H23NO5S. The van der Waals surface area contributed by atoms with E-state index in [4.69, 9.17) is 13.9 Å². The van der Waals surface area contributed by atoms with Gasteiger partial charge < -0.3 is 23.9 Å². The third-order valence-corrected chi connectivity index (χ3v) is 6.44. The molecule has 1 aliphatic heterocycles. The zero-order valence-corrected chi connectivity index (χ0v) is 16.9. The van der Waals surface area contributed by atoms with Crippen LogP contribution in [0.1, 0.15) is 17.9 Å². The molecule has 28 heavy (non-hydrogen) atoms. The van der Waals surface area contributed by atoms with E-state index in [0.717, 1.165) is 23.4 Å². The Morgan fingerprint density at radius 3 is 2.71 bits per heavy atom. The first-order valence-corrected chi connectivity index (χ1v) is 10.0. The number of fused-ring (bicyclic) bond motifs is 1. The van der Waals surface area contributed by atoms with Gasteiger partial charge >= 0.3 is 0 Å². The number of hydrogen-bond donors (Lipinski definition) is 1. The molecule has 0 aliphatic carbocycles. The van der Waals surface area contributed by atoms with Gasteiger partial charge in [-0.15, -0.1) is 11.3 Å². The highest BCUT2D eigenvalue weighted by molar-refractivity contribution is 7.13. The Morgan fingerprint density at radius 1 is 1.29 bits per heavy atom. The predicted molar refractivity (Wildman–Crippen MR) is 110 cm³/mol. The van der Waals surface area contributed by atoms with E-state index in [2.05, 4.69) is 4.90 Å². The molecule has 0 amide bonds. The second-order valence-electron chi connectivity index (χ2n) is 6.98. The fourth-order valence-electron chi connectivity index (χ4n) is 4.13. The molecule has 0 saturated carbocycles. The fraction of sp³-hybridized carbons (Fsp3) is 0.381. The number of rotatable bonds is 5. The maximum absolute atomic E-state index is 13.0. The minimum Gasteiger partial charge on any atom is -0.496 e. The smallest absolute Gasteiger partial charge is 0.197 e. The third kappa shape index (κ3) is 2.99. The van der Waals surface area contributed by atoms with Gasteiger partial charge in [0.25, 0.3) is 0 Å². The van der Waals surface area contributed by atoms with Gasteiger partial charge in [-0.1, -0.05) is 6.07 Å². The van der Waals surface area contributed by atoms with E-state index in [-0.39, 0.29) is 24.0 Å². The first-order valence-electron chi connectivity index (χ1n) is 9.16. The zero-order chi connectivity index (χ0) is 19.8. The van der Waals surface area contributed by atoms with E-state index < -0.39 is 0 Å². The summed E-state index contributed by atoms with van der Waals surface area (Å²) in [6.45, 7) is 0.869. The van der Waals surface area contributed by atoms with Crippen LogP contribution in [-0.4, -0.2) is 50.5 Å². The minimum atomic E-state index is -0.155. The van der Waals surface area contributed by atoms with Gasteiger partial charge in [0.1, 0.15) is 28.2 Å². The van der Waals surface area contributed by atoms with Crippen LogP contribution in [0.2, 0.25) is 0 Å². The summed E-state index contributed by atoms with van der Waals surface area (Å²) in [5, 5.41) is 12.3. The van der Waals surface area contributed by atoms with E-state index in [1.807, 2.05) is 24.6 Å². The molecule has 1 fully saturated rings. The van der Waals surface area contributed by atoms with E-state index in [9.17, 15) is 9.90 Å². The molecule has 1 aromatic carbocycles. The lowest BCUT2D eigenvalue weighted by Gasteiger charge is -2.25. The minimum absolute atomic E-state index is 0.0138. The zero-order valence-electron chi connectivity index (χ0n) is 16.1. The summed E-state index contributed by atoms with van der Waals surface area (Å²) in [7, 11) is 5.12. The largest absolute Gasteiger partial charge is 0.496 e. The molecule has 0 bridgehead atoms.